The van der Waals surface area contributed by atoms with Crippen molar-refractivity contribution in [1.82, 2.24) is 10.4 Å². The van der Waals surface area contributed by atoms with Crippen LogP contribution in [0.4, 0.5) is 4.79 Å². The summed E-state index contributed by atoms with van der Waals surface area (Å²) in [6.45, 7) is 0.466. The van der Waals surface area contributed by atoms with Crippen molar-refractivity contribution in [2.45, 2.75) is 31.5 Å². The Morgan fingerprint density at radius 3 is 2.57 bits per heavy atom. The Balaban J connectivity index is 1.82. The number of carboxylic acids is 1. The van der Waals surface area contributed by atoms with Crippen molar-refractivity contribution >= 4 is 12.1 Å². The third kappa shape index (κ3) is 4.17. The molecule has 7 heteroatoms. The quantitative estimate of drug-likeness (QED) is 0.708. The summed E-state index contributed by atoms with van der Waals surface area (Å²) >= 11 is 0. The molecule has 1 aliphatic rings. The highest BCUT2D eigenvalue weighted by Gasteiger charge is 2.36. The maximum Gasteiger partial charge on any atom is 0.408 e. The van der Waals surface area contributed by atoms with Crippen LogP contribution in [0.2, 0.25) is 0 Å². The van der Waals surface area contributed by atoms with Gasteiger partial charge in [-0.15, -0.1) is 0 Å². The molecule has 0 spiro atoms. The highest BCUT2D eigenvalue weighted by Crippen LogP contribution is 2.18. The summed E-state index contributed by atoms with van der Waals surface area (Å²) in [5.41, 5.74) is 3.82. The molecule has 0 radical (unpaired) electrons. The molecule has 2 unspecified atom stereocenters. The van der Waals surface area contributed by atoms with Gasteiger partial charge in [-0.3, -0.25) is 9.74 Å². The SMILES string of the molecule is O=C(O)C1CCC(NOCc2ccccc2)CN1C(=O)O. The van der Waals surface area contributed by atoms with Gasteiger partial charge in [-0.25, -0.2) is 9.59 Å². The second-order valence-corrected chi connectivity index (χ2v) is 4.96. The molecular formula is C14H18N2O5. The molecule has 1 amide bonds. The minimum Gasteiger partial charge on any atom is -0.480 e. The van der Waals surface area contributed by atoms with E-state index in [4.69, 9.17) is 15.1 Å². The highest BCUT2D eigenvalue weighted by atomic mass is 16.6. The van der Waals surface area contributed by atoms with Crippen molar-refractivity contribution in [2.24, 2.45) is 0 Å². The summed E-state index contributed by atoms with van der Waals surface area (Å²) in [5, 5.41) is 18.1. The van der Waals surface area contributed by atoms with Gasteiger partial charge in [0.2, 0.25) is 0 Å². The van der Waals surface area contributed by atoms with Crippen molar-refractivity contribution in [3.8, 4) is 0 Å². The van der Waals surface area contributed by atoms with Gasteiger partial charge < -0.3 is 10.2 Å². The molecule has 1 aromatic carbocycles. The molecular weight excluding hydrogens is 276 g/mol. The standard InChI is InChI=1S/C14H18N2O5/c17-13(18)12-7-6-11(8-16(12)14(19)20)15-21-9-10-4-2-1-3-5-10/h1-5,11-12,15H,6-9H2,(H,17,18)(H,19,20). The zero-order valence-corrected chi connectivity index (χ0v) is 11.4. The fourth-order valence-corrected chi connectivity index (χ4v) is 2.35. The summed E-state index contributed by atoms with van der Waals surface area (Å²) in [4.78, 5) is 28.4. The number of hydrogen-bond donors (Lipinski definition) is 3. The van der Waals surface area contributed by atoms with Crippen molar-refractivity contribution in [1.29, 1.82) is 0 Å². The maximum absolute atomic E-state index is 11.1. The minimum absolute atomic E-state index is 0.0983. The monoisotopic (exact) mass is 294 g/mol. The number of piperidine rings is 1. The van der Waals surface area contributed by atoms with Crippen LogP contribution in [0.25, 0.3) is 0 Å². The molecule has 3 N–H and O–H groups in total. The Morgan fingerprint density at radius 2 is 1.95 bits per heavy atom. The van der Waals surface area contributed by atoms with Crippen molar-refractivity contribution in [3.05, 3.63) is 35.9 Å². The summed E-state index contributed by atoms with van der Waals surface area (Å²) in [5.74, 6) is -1.11. The molecule has 0 aliphatic carbocycles. The summed E-state index contributed by atoms with van der Waals surface area (Å²) in [7, 11) is 0. The second-order valence-electron chi connectivity index (χ2n) is 4.96. The van der Waals surface area contributed by atoms with E-state index in [9.17, 15) is 9.59 Å². The fraction of sp³-hybridized carbons (Fsp3) is 0.429. The van der Waals surface area contributed by atoms with E-state index in [0.29, 0.717) is 13.0 Å². The zero-order chi connectivity index (χ0) is 15.2. The first-order valence-corrected chi connectivity index (χ1v) is 6.71. The lowest BCUT2D eigenvalue weighted by Gasteiger charge is -2.35. The number of carbonyl (C=O) groups is 2. The van der Waals surface area contributed by atoms with Crippen LogP contribution in [0.15, 0.2) is 30.3 Å². The number of nitrogens with one attached hydrogen (secondary N) is 1. The van der Waals surface area contributed by atoms with Gasteiger partial charge in [0.25, 0.3) is 0 Å². The maximum atomic E-state index is 11.1. The predicted octanol–water partition coefficient (Wildman–Crippen LogP) is 1.30. The molecule has 1 aliphatic heterocycles. The summed E-state index contributed by atoms with van der Waals surface area (Å²) in [6.07, 6.45) is -0.402. The molecule has 2 atom stereocenters. The lowest BCUT2D eigenvalue weighted by Crippen LogP contribution is -2.55. The Labute approximate surface area is 122 Å². The number of nitrogens with zero attached hydrogens (tertiary/aromatic N) is 1. The number of aliphatic carboxylic acids is 1. The third-order valence-corrected chi connectivity index (χ3v) is 3.44. The number of hydroxylamine groups is 1. The van der Waals surface area contributed by atoms with Crippen molar-refractivity contribution < 1.29 is 24.6 Å². The number of rotatable bonds is 5. The molecule has 1 aromatic rings. The van der Waals surface area contributed by atoms with Gasteiger partial charge in [0.05, 0.1) is 12.6 Å². The summed E-state index contributed by atoms with van der Waals surface area (Å²) in [6, 6.07) is 8.38. The first kappa shape index (κ1) is 15.3. The Kier molecular flexibility index (Phi) is 5.13. The van der Waals surface area contributed by atoms with Gasteiger partial charge in [0, 0.05) is 6.54 Å². The van der Waals surface area contributed by atoms with E-state index in [1.807, 2.05) is 30.3 Å². The highest BCUT2D eigenvalue weighted by molar-refractivity contribution is 5.79. The molecule has 21 heavy (non-hydrogen) atoms. The topological polar surface area (TPSA) is 99.1 Å². The van der Waals surface area contributed by atoms with Gasteiger partial charge in [-0.1, -0.05) is 30.3 Å². The summed E-state index contributed by atoms with van der Waals surface area (Å²) < 4.78 is 0. The van der Waals surface area contributed by atoms with E-state index in [2.05, 4.69) is 5.48 Å². The van der Waals surface area contributed by atoms with E-state index in [0.717, 1.165) is 10.5 Å². The first-order chi connectivity index (χ1) is 10.1. The van der Waals surface area contributed by atoms with Crippen LogP contribution < -0.4 is 5.48 Å². The normalized spacial score (nSPS) is 22.0. The van der Waals surface area contributed by atoms with E-state index < -0.39 is 18.1 Å². The molecule has 1 heterocycles. The van der Waals surface area contributed by atoms with Gasteiger partial charge in [0.15, 0.2) is 0 Å². The first-order valence-electron chi connectivity index (χ1n) is 6.71. The van der Waals surface area contributed by atoms with Crippen LogP contribution in [0, 0.1) is 0 Å². The molecule has 114 valence electrons. The fourth-order valence-electron chi connectivity index (χ4n) is 2.35. The average Bonchev–Trinajstić information content (AvgIpc) is 2.48. The van der Waals surface area contributed by atoms with E-state index >= 15 is 0 Å². The van der Waals surface area contributed by atoms with Gasteiger partial charge in [0.1, 0.15) is 6.04 Å². The van der Waals surface area contributed by atoms with Crippen molar-refractivity contribution in [2.75, 3.05) is 6.54 Å². The Bertz CT molecular complexity index is 493. The minimum atomic E-state index is -1.23. The lowest BCUT2D eigenvalue weighted by atomic mass is 9.99. The molecule has 1 saturated heterocycles. The van der Waals surface area contributed by atoms with E-state index in [1.165, 1.54) is 0 Å². The average molecular weight is 294 g/mol. The molecule has 1 fully saturated rings. The number of hydrogen-bond acceptors (Lipinski definition) is 4. The van der Waals surface area contributed by atoms with Crippen LogP contribution in [0.3, 0.4) is 0 Å². The predicted molar refractivity (Wildman–Crippen MR) is 73.5 cm³/mol. The molecule has 0 bridgehead atoms. The van der Waals surface area contributed by atoms with Crippen LogP contribution >= 0.6 is 0 Å². The number of carboxylic acid groups (broad SMARTS) is 2. The van der Waals surface area contributed by atoms with Gasteiger partial charge in [-0.2, -0.15) is 5.48 Å². The number of benzene rings is 1. The van der Waals surface area contributed by atoms with E-state index in [-0.39, 0.29) is 19.0 Å². The molecule has 2 rings (SSSR count). The smallest absolute Gasteiger partial charge is 0.408 e. The van der Waals surface area contributed by atoms with Crippen LogP contribution in [-0.2, 0) is 16.2 Å². The molecule has 0 saturated carbocycles. The number of likely N-dealkylation sites (tertiary alicyclic amines) is 1. The Morgan fingerprint density at radius 1 is 1.24 bits per heavy atom. The van der Waals surface area contributed by atoms with E-state index in [1.54, 1.807) is 0 Å². The zero-order valence-electron chi connectivity index (χ0n) is 11.4. The Hall–Kier alpha value is -2.12. The van der Waals surface area contributed by atoms with Crippen LogP contribution in [0.1, 0.15) is 18.4 Å². The van der Waals surface area contributed by atoms with Gasteiger partial charge in [-0.05, 0) is 18.4 Å². The van der Waals surface area contributed by atoms with Crippen molar-refractivity contribution in [3.63, 3.8) is 0 Å². The largest absolute Gasteiger partial charge is 0.480 e. The van der Waals surface area contributed by atoms with Gasteiger partial charge >= 0.3 is 12.1 Å². The van der Waals surface area contributed by atoms with Crippen LogP contribution in [0.5, 0.6) is 0 Å². The lowest BCUT2D eigenvalue weighted by molar-refractivity contribution is -0.144. The third-order valence-electron chi connectivity index (χ3n) is 3.44. The molecule has 7 nitrogen and oxygen atoms in total. The molecule has 0 aromatic heterocycles. The number of amides is 1. The van der Waals surface area contributed by atoms with Crippen LogP contribution in [-0.4, -0.2) is 45.8 Å². The second kappa shape index (κ2) is 7.05.